The summed E-state index contributed by atoms with van der Waals surface area (Å²) in [5.74, 6) is 1.73. The monoisotopic (exact) mass is 403 g/mol. The number of carbonyl (C=O) groups excluding carboxylic acids is 1. The summed E-state index contributed by atoms with van der Waals surface area (Å²) in [7, 11) is 0. The molecule has 1 aliphatic carbocycles. The minimum atomic E-state index is 0.357. The first-order valence-electron chi connectivity index (χ1n) is 12.1. The zero-order valence-electron chi connectivity index (χ0n) is 17.9. The SMILES string of the molecule is O=C(CCc1c[nH]c2ccccc12)N1CCCC2=CC3CC(CN4CCCCC34)C21. The van der Waals surface area contributed by atoms with Crippen molar-refractivity contribution in [2.24, 2.45) is 11.8 Å². The van der Waals surface area contributed by atoms with Crippen LogP contribution in [0.5, 0.6) is 0 Å². The van der Waals surface area contributed by atoms with E-state index in [0.29, 0.717) is 24.3 Å². The number of hydrogen-bond acceptors (Lipinski definition) is 2. The molecule has 158 valence electrons. The molecule has 0 spiro atoms. The van der Waals surface area contributed by atoms with E-state index in [9.17, 15) is 4.79 Å². The number of aryl methyl sites for hydroxylation is 1. The van der Waals surface area contributed by atoms with Crippen LogP contribution in [-0.4, -0.2) is 52.4 Å². The molecule has 6 rings (SSSR count). The Morgan fingerprint density at radius 3 is 3.03 bits per heavy atom. The number of benzene rings is 1. The Morgan fingerprint density at radius 2 is 2.07 bits per heavy atom. The fourth-order valence-electron chi connectivity index (χ4n) is 6.98. The Balaban J connectivity index is 1.20. The highest BCUT2D eigenvalue weighted by Gasteiger charge is 2.46. The van der Waals surface area contributed by atoms with E-state index in [1.807, 2.05) is 0 Å². The number of para-hydroxylation sites is 1. The maximum atomic E-state index is 13.4. The number of H-pyrrole nitrogens is 1. The van der Waals surface area contributed by atoms with Gasteiger partial charge >= 0.3 is 0 Å². The lowest BCUT2D eigenvalue weighted by atomic mass is 9.68. The second-order valence-electron chi connectivity index (χ2n) is 9.95. The maximum Gasteiger partial charge on any atom is 0.223 e. The summed E-state index contributed by atoms with van der Waals surface area (Å²) in [6.45, 7) is 3.41. The van der Waals surface area contributed by atoms with Gasteiger partial charge < -0.3 is 9.88 Å². The number of carbonyl (C=O) groups is 1. The lowest BCUT2D eigenvalue weighted by Crippen LogP contribution is -2.60. The molecule has 3 aliphatic heterocycles. The fraction of sp³-hybridized carbons (Fsp3) is 0.577. The number of aromatic amines is 1. The zero-order chi connectivity index (χ0) is 20.1. The molecule has 4 heterocycles. The van der Waals surface area contributed by atoms with Gasteiger partial charge in [-0.05, 0) is 68.5 Å². The second-order valence-corrected chi connectivity index (χ2v) is 9.95. The fourth-order valence-corrected chi connectivity index (χ4v) is 6.98. The highest BCUT2D eigenvalue weighted by atomic mass is 16.2. The number of amides is 1. The first-order chi connectivity index (χ1) is 14.8. The van der Waals surface area contributed by atoms with E-state index in [2.05, 4.69) is 51.3 Å². The van der Waals surface area contributed by atoms with Crippen molar-refractivity contribution in [1.29, 1.82) is 0 Å². The molecule has 4 aliphatic rings. The summed E-state index contributed by atoms with van der Waals surface area (Å²) < 4.78 is 0. The van der Waals surface area contributed by atoms with Gasteiger partial charge in [0.25, 0.3) is 0 Å². The molecule has 0 radical (unpaired) electrons. The molecule has 30 heavy (non-hydrogen) atoms. The molecule has 4 atom stereocenters. The Bertz CT molecular complexity index is 976. The van der Waals surface area contributed by atoms with Crippen LogP contribution in [0.3, 0.4) is 0 Å². The summed E-state index contributed by atoms with van der Waals surface area (Å²) in [5.41, 5.74) is 4.03. The Labute approximate surface area is 179 Å². The van der Waals surface area contributed by atoms with E-state index in [1.54, 1.807) is 5.57 Å². The number of nitrogens with one attached hydrogen (secondary N) is 1. The number of piperidine rings is 3. The van der Waals surface area contributed by atoms with Crippen LogP contribution in [0, 0.1) is 11.8 Å². The van der Waals surface area contributed by atoms with Crippen LogP contribution in [0.4, 0.5) is 0 Å². The molecular formula is C26H33N3O. The average molecular weight is 404 g/mol. The molecule has 3 fully saturated rings. The van der Waals surface area contributed by atoms with Gasteiger partial charge in [0.2, 0.25) is 5.91 Å². The van der Waals surface area contributed by atoms with E-state index >= 15 is 0 Å². The van der Waals surface area contributed by atoms with E-state index in [1.165, 1.54) is 61.7 Å². The maximum absolute atomic E-state index is 13.4. The topological polar surface area (TPSA) is 39.3 Å². The van der Waals surface area contributed by atoms with Crippen molar-refractivity contribution in [1.82, 2.24) is 14.8 Å². The molecule has 2 aromatic rings. The van der Waals surface area contributed by atoms with Crippen LogP contribution in [-0.2, 0) is 11.2 Å². The molecule has 0 saturated carbocycles. The first-order valence-corrected chi connectivity index (χ1v) is 12.1. The van der Waals surface area contributed by atoms with Crippen molar-refractivity contribution in [3.63, 3.8) is 0 Å². The van der Waals surface area contributed by atoms with Crippen molar-refractivity contribution < 1.29 is 4.79 Å². The molecular weight excluding hydrogens is 370 g/mol. The lowest BCUT2D eigenvalue weighted by Gasteiger charge is -2.54. The molecule has 4 nitrogen and oxygen atoms in total. The van der Waals surface area contributed by atoms with Gasteiger partial charge in [-0.25, -0.2) is 0 Å². The third-order valence-corrected chi connectivity index (χ3v) is 8.26. The number of fused-ring (bicyclic) bond motifs is 7. The molecule has 4 unspecified atom stereocenters. The molecule has 1 N–H and O–H groups in total. The molecule has 2 bridgehead atoms. The van der Waals surface area contributed by atoms with Gasteiger partial charge in [-0.3, -0.25) is 9.69 Å². The summed E-state index contributed by atoms with van der Waals surface area (Å²) in [4.78, 5) is 21.8. The smallest absolute Gasteiger partial charge is 0.223 e. The van der Waals surface area contributed by atoms with Gasteiger partial charge in [-0.2, -0.15) is 0 Å². The second kappa shape index (κ2) is 7.56. The third-order valence-electron chi connectivity index (χ3n) is 8.26. The van der Waals surface area contributed by atoms with Crippen molar-refractivity contribution >= 4 is 16.8 Å². The summed E-state index contributed by atoms with van der Waals surface area (Å²) in [6.07, 6.45) is 13.9. The number of rotatable bonds is 3. The Kier molecular flexibility index (Phi) is 4.71. The average Bonchev–Trinajstić information content (AvgIpc) is 3.20. The normalized spacial score (nSPS) is 31.2. The van der Waals surface area contributed by atoms with E-state index in [-0.39, 0.29) is 0 Å². The Morgan fingerprint density at radius 1 is 1.13 bits per heavy atom. The van der Waals surface area contributed by atoms with Crippen LogP contribution in [0.1, 0.15) is 50.5 Å². The summed E-state index contributed by atoms with van der Waals surface area (Å²) >= 11 is 0. The summed E-state index contributed by atoms with van der Waals surface area (Å²) in [6, 6.07) is 9.55. The molecule has 1 aromatic heterocycles. The van der Waals surface area contributed by atoms with Gasteiger partial charge in [0, 0.05) is 42.7 Å². The van der Waals surface area contributed by atoms with Crippen molar-refractivity contribution in [3.8, 4) is 0 Å². The highest BCUT2D eigenvalue weighted by molar-refractivity contribution is 5.84. The van der Waals surface area contributed by atoms with Crippen LogP contribution in [0.2, 0.25) is 0 Å². The van der Waals surface area contributed by atoms with Gasteiger partial charge in [0.15, 0.2) is 0 Å². The van der Waals surface area contributed by atoms with Crippen molar-refractivity contribution in [3.05, 3.63) is 47.7 Å². The summed E-state index contributed by atoms with van der Waals surface area (Å²) in [5, 5.41) is 1.26. The first kappa shape index (κ1) is 18.7. The molecule has 1 amide bonds. The van der Waals surface area contributed by atoms with Gasteiger partial charge in [0.1, 0.15) is 0 Å². The molecule has 3 saturated heterocycles. The standard InChI is InChI=1S/C26H33N3O/c30-25(11-10-19-16-27-23-8-2-1-7-22(19)23)29-13-5-6-18-14-20-15-21(26(18)29)17-28-12-4-3-9-24(20)28/h1-2,7-8,14,16,20-21,24,26-27H,3-6,9-13,15,17H2. The predicted molar refractivity (Wildman–Crippen MR) is 120 cm³/mol. The lowest BCUT2D eigenvalue weighted by molar-refractivity contribution is -0.136. The van der Waals surface area contributed by atoms with Crippen LogP contribution in [0.25, 0.3) is 10.9 Å². The number of hydrogen-bond donors (Lipinski definition) is 1. The third kappa shape index (κ3) is 3.11. The van der Waals surface area contributed by atoms with Gasteiger partial charge in [-0.1, -0.05) is 36.3 Å². The number of aromatic nitrogens is 1. The number of likely N-dealkylation sites (tertiary alicyclic amines) is 1. The minimum absolute atomic E-state index is 0.357. The largest absolute Gasteiger partial charge is 0.361 e. The quantitative estimate of drug-likeness (QED) is 0.765. The van der Waals surface area contributed by atoms with E-state index in [4.69, 9.17) is 0 Å². The van der Waals surface area contributed by atoms with Crippen LogP contribution >= 0.6 is 0 Å². The molecule has 1 aromatic carbocycles. The van der Waals surface area contributed by atoms with E-state index < -0.39 is 0 Å². The molecule has 4 heteroatoms. The van der Waals surface area contributed by atoms with Crippen LogP contribution in [0.15, 0.2) is 42.1 Å². The van der Waals surface area contributed by atoms with Crippen molar-refractivity contribution in [2.75, 3.05) is 19.6 Å². The van der Waals surface area contributed by atoms with E-state index in [0.717, 1.165) is 31.3 Å². The minimum Gasteiger partial charge on any atom is -0.361 e. The predicted octanol–water partition coefficient (Wildman–Crippen LogP) is 4.52. The Hall–Kier alpha value is -2.07. The number of nitrogens with zero attached hydrogens (tertiary/aromatic N) is 2. The van der Waals surface area contributed by atoms with Gasteiger partial charge in [-0.15, -0.1) is 0 Å². The highest BCUT2D eigenvalue weighted by Crippen LogP contribution is 2.45. The van der Waals surface area contributed by atoms with Gasteiger partial charge in [0.05, 0.1) is 6.04 Å². The van der Waals surface area contributed by atoms with Crippen molar-refractivity contribution in [2.45, 2.75) is 63.5 Å². The zero-order valence-corrected chi connectivity index (χ0v) is 17.9. The van der Waals surface area contributed by atoms with Crippen LogP contribution < -0.4 is 0 Å².